The predicted octanol–water partition coefficient (Wildman–Crippen LogP) is 3.30. The summed E-state index contributed by atoms with van der Waals surface area (Å²) in [5, 5.41) is 5.15. The highest BCUT2D eigenvalue weighted by Gasteiger charge is 2.30. The molecule has 1 amide bonds. The van der Waals surface area contributed by atoms with Gasteiger partial charge in [-0.25, -0.2) is 13.6 Å². The Morgan fingerprint density at radius 1 is 1.21 bits per heavy atom. The van der Waals surface area contributed by atoms with Crippen LogP contribution in [0.5, 0.6) is 0 Å². The number of sulfonamides is 1. The molecule has 6 nitrogen and oxygen atoms in total. The fourth-order valence-electron chi connectivity index (χ4n) is 2.57. The first-order valence-corrected chi connectivity index (χ1v) is 10.4. The molecule has 0 bridgehead atoms. The Labute approximate surface area is 167 Å². The van der Waals surface area contributed by atoms with Crippen molar-refractivity contribution in [2.75, 3.05) is 0 Å². The van der Waals surface area contributed by atoms with Crippen molar-refractivity contribution < 1.29 is 26.4 Å². The number of hydrogen-bond donors (Lipinski definition) is 1. The van der Waals surface area contributed by atoms with Crippen LogP contribution in [-0.4, -0.2) is 18.9 Å². The van der Waals surface area contributed by atoms with E-state index < -0.39 is 27.7 Å². The Bertz CT molecular complexity index is 1270. The van der Waals surface area contributed by atoms with Crippen LogP contribution < -0.4 is 9.94 Å². The molecule has 3 rings (SSSR count). The van der Waals surface area contributed by atoms with Gasteiger partial charge in [0.25, 0.3) is 5.91 Å². The summed E-state index contributed by atoms with van der Waals surface area (Å²) in [6.45, 7) is 3.93. The minimum absolute atomic E-state index is 0.00849. The number of carbonyl (C=O) groups excluding carboxylic acids is 1. The topological polar surface area (TPSA) is 94.5 Å². The van der Waals surface area contributed by atoms with Crippen molar-refractivity contribution in [3.8, 4) is 0 Å². The van der Waals surface area contributed by atoms with E-state index in [0.717, 1.165) is 35.6 Å². The van der Waals surface area contributed by atoms with E-state index in [1.807, 2.05) is 0 Å². The number of rotatable bonds is 4. The normalized spacial score (nSPS) is 13.0. The fourth-order valence-corrected chi connectivity index (χ4v) is 4.27. The first-order valence-electron chi connectivity index (χ1n) is 8.04. The maximum atomic E-state index is 12.7. The van der Waals surface area contributed by atoms with Crippen LogP contribution in [0.25, 0.3) is 10.2 Å². The van der Waals surface area contributed by atoms with Crippen molar-refractivity contribution in [2.24, 2.45) is 10.1 Å². The highest BCUT2D eigenvalue weighted by Crippen LogP contribution is 2.29. The molecule has 0 unspecified atom stereocenters. The van der Waals surface area contributed by atoms with Gasteiger partial charge < -0.3 is 4.57 Å². The number of alkyl halides is 3. The van der Waals surface area contributed by atoms with Crippen LogP contribution in [0, 0.1) is 0 Å². The second kappa shape index (κ2) is 7.58. The molecule has 0 radical (unpaired) electrons. The molecule has 0 aliphatic carbocycles. The van der Waals surface area contributed by atoms with E-state index in [0.29, 0.717) is 10.2 Å². The lowest BCUT2D eigenvalue weighted by Gasteiger charge is -2.06. The maximum absolute atomic E-state index is 12.7. The van der Waals surface area contributed by atoms with Gasteiger partial charge in [-0.05, 0) is 42.5 Å². The van der Waals surface area contributed by atoms with Crippen molar-refractivity contribution in [1.82, 2.24) is 4.57 Å². The van der Waals surface area contributed by atoms with E-state index >= 15 is 0 Å². The standard InChI is InChI=1S/C18H14F3N3O3S2/c1-2-9-24-14-8-7-13(29(22,26)27)10-15(14)28-17(24)23-16(25)11-3-5-12(6-4-11)18(19,20)21/h2-8,10H,1,9H2,(H2,22,26,27). The molecule has 0 aliphatic heterocycles. The third kappa shape index (κ3) is 4.47. The molecule has 0 spiro atoms. The van der Waals surface area contributed by atoms with Crippen LogP contribution in [0.15, 0.2) is 65.0 Å². The number of nitrogens with two attached hydrogens (primary N) is 1. The molecule has 0 saturated heterocycles. The monoisotopic (exact) mass is 441 g/mol. The molecule has 152 valence electrons. The van der Waals surface area contributed by atoms with Gasteiger partial charge in [0.15, 0.2) is 4.80 Å². The van der Waals surface area contributed by atoms with Crippen LogP contribution in [0.2, 0.25) is 0 Å². The summed E-state index contributed by atoms with van der Waals surface area (Å²) in [6, 6.07) is 7.98. The summed E-state index contributed by atoms with van der Waals surface area (Å²) in [5.41, 5.74) is -0.264. The number of fused-ring (bicyclic) bond motifs is 1. The van der Waals surface area contributed by atoms with Crippen LogP contribution in [0.3, 0.4) is 0 Å². The number of allylic oxidation sites excluding steroid dienone is 1. The summed E-state index contributed by atoms with van der Waals surface area (Å²) in [7, 11) is -3.90. The van der Waals surface area contributed by atoms with Crippen molar-refractivity contribution in [1.29, 1.82) is 0 Å². The molecule has 29 heavy (non-hydrogen) atoms. The zero-order valence-electron chi connectivity index (χ0n) is 14.7. The van der Waals surface area contributed by atoms with Gasteiger partial charge in [-0.2, -0.15) is 18.2 Å². The van der Waals surface area contributed by atoms with Crippen molar-refractivity contribution in [2.45, 2.75) is 17.6 Å². The van der Waals surface area contributed by atoms with E-state index in [1.54, 1.807) is 10.6 Å². The summed E-state index contributed by atoms with van der Waals surface area (Å²) in [5.74, 6) is -0.727. The predicted molar refractivity (Wildman–Crippen MR) is 103 cm³/mol. The van der Waals surface area contributed by atoms with Gasteiger partial charge in [0, 0.05) is 12.1 Å². The summed E-state index contributed by atoms with van der Waals surface area (Å²) < 4.78 is 63.3. The Hall–Kier alpha value is -2.76. The number of thiazole rings is 1. The van der Waals surface area contributed by atoms with E-state index in [1.165, 1.54) is 18.2 Å². The van der Waals surface area contributed by atoms with Crippen LogP contribution >= 0.6 is 11.3 Å². The van der Waals surface area contributed by atoms with Crippen LogP contribution in [-0.2, 0) is 22.7 Å². The third-order valence-corrected chi connectivity index (χ3v) is 5.90. The second-order valence-corrected chi connectivity index (χ2v) is 8.52. The van der Waals surface area contributed by atoms with Gasteiger partial charge in [-0.15, -0.1) is 6.58 Å². The average molecular weight is 441 g/mol. The number of aromatic nitrogens is 1. The molecule has 0 saturated carbocycles. The first kappa shape index (κ1) is 21.0. The zero-order valence-corrected chi connectivity index (χ0v) is 16.3. The van der Waals surface area contributed by atoms with Crippen molar-refractivity contribution in [3.63, 3.8) is 0 Å². The maximum Gasteiger partial charge on any atom is 0.416 e. The Morgan fingerprint density at radius 3 is 2.41 bits per heavy atom. The molecule has 2 aromatic carbocycles. The summed E-state index contributed by atoms with van der Waals surface area (Å²) in [4.78, 5) is 16.6. The number of nitrogens with zero attached hydrogens (tertiary/aromatic N) is 2. The zero-order chi connectivity index (χ0) is 21.4. The third-order valence-electron chi connectivity index (χ3n) is 3.95. The largest absolute Gasteiger partial charge is 0.416 e. The Balaban J connectivity index is 2.09. The molecule has 1 aromatic heterocycles. The van der Waals surface area contributed by atoms with Gasteiger partial charge in [-0.1, -0.05) is 17.4 Å². The molecule has 0 aliphatic rings. The summed E-state index contributed by atoms with van der Waals surface area (Å²) >= 11 is 1.05. The van der Waals surface area contributed by atoms with Crippen molar-refractivity contribution in [3.05, 3.63) is 71.0 Å². The molecule has 3 aromatic rings. The van der Waals surface area contributed by atoms with E-state index in [4.69, 9.17) is 5.14 Å². The van der Waals surface area contributed by atoms with Gasteiger partial charge in [-0.3, -0.25) is 4.79 Å². The van der Waals surface area contributed by atoms with Gasteiger partial charge >= 0.3 is 6.18 Å². The quantitative estimate of drug-likeness (QED) is 0.630. The second-order valence-electron chi connectivity index (χ2n) is 5.95. The van der Waals surface area contributed by atoms with E-state index in [2.05, 4.69) is 11.6 Å². The number of halogens is 3. The van der Waals surface area contributed by atoms with E-state index in [9.17, 15) is 26.4 Å². The number of hydrogen-bond acceptors (Lipinski definition) is 4. The van der Waals surface area contributed by atoms with E-state index in [-0.39, 0.29) is 21.8 Å². The van der Waals surface area contributed by atoms with Crippen LogP contribution in [0.4, 0.5) is 13.2 Å². The highest BCUT2D eigenvalue weighted by atomic mass is 32.2. The molecule has 0 fully saturated rings. The van der Waals surface area contributed by atoms with Gasteiger partial charge in [0.2, 0.25) is 10.0 Å². The van der Waals surface area contributed by atoms with Crippen molar-refractivity contribution >= 4 is 37.5 Å². The lowest BCUT2D eigenvalue weighted by atomic mass is 10.1. The lowest BCUT2D eigenvalue weighted by Crippen LogP contribution is -2.16. The number of primary sulfonamides is 1. The molecule has 2 N–H and O–H groups in total. The van der Waals surface area contributed by atoms with Gasteiger partial charge in [0.1, 0.15) is 0 Å². The van der Waals surface area contributed by atoms with Crippen LogP contribution in [0.1, 0.15) is 15.9 Å². The number of carbonyl (C=O) groups is 1. The lowest BCUT2D eigenvalue weighted by molar-refractivity contribution is -0.137. The average Bonchev–Trinajstić information content (AvgIpc) is 2.97. The number of amides is 1. The minimum atomic E-state index is -4.50. The molecular weight excluding hydrogens is 427 g/mol. The molecular formula is C18H14F3N3O3S2. The molecule has 11 heteroatoms. The SMILES string of the molecule is C=CCn1c(=NC(=O)c2ccc(C(F)(F)F)cc2)sc2cc(S(N)(=O)=O)ccc21. The summed E-state index contributed by atoms with van der Waals surface area (Å²) in [6.07, 6.45) is -2.93. The smallest absolute Gasteiger partial charge is 0.312 e. The first-order chi connectivity index (χ1) is 13.5. The molecule has 1 heterocycles. The molecule has 0 atom stereocenters. The fraction of sp³-hybridized carbons (Fsp3) is 0.111. The number of benzene rings is 2. The minimum Gasteiger partial charge on any atom is -0.312 e. The highest BCUT2D eigenvalue weighted by molar-refractivity contribution is 7.89. The van der Waals surface area contributed by atoms with Gasteiger partial charge in [0.05, 0.1) is 20.7 Å². The Morgan fingerprint density at radius 2 is 1.86 bits per heavy atom. The Kier molecular flexibility index (Phi) is 5.48.